The van der Waals surface area contributed by atoms with Crippen LogP contribution in [0, 0.1) is 0 Å². The summed E-state index contributed by atoms with van der Waals surface area (Å²) in [6.07, 6.45) is 0. The van der Waals surface area contributed by atoms with Gasteiger partial charge < -0.3 is 4.57 Å². The van der Waals surface area contributed by atoms with E-state index in [4.69, 9.17) is 0 Å². The first-order chi connectivity index (χ1) is 21.8. The van der Waals surface area contributed by atoms with E-state index in [9.17, 15) is 0 Å². The average Bonchev–Trinajstić information content (AvgIpc) is 3.62. The Hall–Kier alpha value is -5.44. The fourth-order valence-corrected chi connectivity index (χ4v) is 8.71. The van der Waals surface area contributed by atoms with Gasteiger partial charge in [-0.2, -0.15) is 0 Å². The number of fused-ring (bicyclic) bond motifs is 5. The van der Waals surface area contributed by atoms with Gasteiger partial charge in [0.25, 0.3) is 0 Å². The highest BCUT2D eigenvalue weighted by atomic mass is 32.1. The smallest absolute Gasteiger partial charge is 0.0625 e. The molecule has 44 heavy (non-hydrogen) atoms. The van der Waals surface area contributed by atoms with E-state index in [1.165, 1.54) is 92.2 Å². The highest BCUT2D eigenvalue weighted by molar-refractivity contribution is 7.23. The minimum Gasteiger partial charge on any atom is -0.309 e. The second-order valence-corrected chi connectivity index (χ2v) is 12.7. The summed E-state index contributed by atoms with van der Waals surface area (Å²) in [4.78, 5) is 1.34. The Morgan fingerprint density at radius 1 is 0.455 bits per heavy atom. The number of benzene rings is 7. The molecule has 1 aliphatic rings. The number of thiophene rings is 1. The van der Waals surface area contributed by atoms with E-state index in [1.54, 1.807) is 0 Å². The molecule has 0 fully saturated rings. The number of nitrogens with zero attached hydrogens (tertiary/aromatic N) is 1. The van der Waals surface area contributed by atoms with Gasteiger partial charge >= 0.3 is 0 Å². The Kier molecular flexibility index (Phi) is 4.94. The van der Waals surface area contributed by atoms with Gasteiger partial charge in [-0.1, -0.05) is 121 Å². The van der Waals surface area contributed by atoms with Crippen LogP contribution in [0.4, 0.5) is 0 Å². The van der Waals surface area contributed by atoms with Crippen molar-refractivity contribution in [1.82, 2.24) is 4.57 Å². The molecule has 2 aromatic heterocycles. The van der Waals surface area contributed by atoms with Crippen LogP contribution in [0.15, 0.2) is 152 Å². The third kappa shape index (κ3) is 3.23. The lowest BCUT2D eigenvalue weighted by Crippen LogP contribution is -1.96. The maximum atomic E-state index is 2.53. The molecule has 0 amide bonds. The summed E-state index contributed by atoms with van der Waals surface area (Å²) in [7, 11) is 0. The van der Waals surface area contributed by atoms with Crippen molar-refractivity contribution in [2.24, 2.45) is 0 Å². The maximum absolute atomic E-state index is 2.53. The third-order valence-corrected chi connectivity index (χ3v) is 10.5. The summed E-state index contributed by atoms with van der Waals surface area (Å²) < 4.78 is 3.86. The fraction of sp³-hybridized carbons (Fsp3) is 0. The van der Waals surface area contributed by atoms with Crippen molar-refractivity contribution >= 4 is 54.0 Å². The Labute approximate surface area is 258 Å². The summed E-state index contributed by atoms with van der Waals surface area (Å²) in [6.45, 7) is 0. The standard InChI is InChI=1S/C42H25NS/c1-3-12-26(13-4-1)28-17-11-18-30(24-28)43-35-22-23-36-40-38(42(44-36)27-14-5-2-6-15-27)33-21-10-9-20-32(33)34-25-29-16-7-8-19-31(29)41(43)37(34)39(35)40/h1-25H. The first-order valence-electron chi connectivity index (χ1n) is 15.1. The van der Waals surface area contributed by atoms with Crippen molar-refractivity contribution in [3.63, 3.8) is 0 Å². The molecular weight excluding hydrogens is 551 g/mol. The molecule has 0 spiro atoms. The van der Waals surface area contributed by atoms with Gasteiger partial charge in [0.1, 0.15) is 0 Å². The zero-order valence-electron chi connectivity index (χ0n) is 23.8. The molecule has 1 nitrogen and oxygen atoms in total. The van der Waals surface area contributed by atoms with Crippen LogP contribution in [-0.2, 0) is 0 Å². The van der Waals surface area contributed by atoms with E-state index in [-0.39, 0.29) is 0 Å². The highest BCUT2D eigenvalue weighted by Crippen LogP contribution is 2.56. The molecule has 2 heteroatoms. The van der Waals surface area contributed by atoms with Crippen LogP contribution in [0.25, 0.3) is 92.2 Å². The van der Waals surface area contributed by atoms with Gasteiger partial charge in [-0.25, -0.2) is 0 Å². The number of hydrogen-bond acceptors (Lipinski definition) is 1. The molecule has 0 radical (unpaired) electrons. The van der Waals surface area contributed by atoms with E-state index in [0.717, 1.165) is 0 Å². The van der Waals surface area contributed by atoms with Crippen molar-refractivity contribution in [2.45, 2.75) is 0 Å². The lowest BCUT2D eigenvalue weighted by molar-refractivity contribution is 1.19. The van der Waals surface area contributed by atoms with Crippen LogP contribution >= 0.6 is 11.3 Å². The van der Waals surface area contributed by atoms with Gasteiger partial charge in [-0.15, -0.1) is 11.3 Å². The van der Waals surface area contributed by atoms with Crippen LogP contribution in [0.1, 0.15) is 0 Å². The topological polar surface area (TPSA) is 4.93 Å². The molecule has 0 atom stereocenters. The van der Waals surface area contributed by atoms with E-state index in [0.29, 0.717) is 0 Å². The second-order valence-electron chi connectivity index (χ2n) is 11.7. The molecule has 204 valence electrons. The molecule has 0 N–H and O–H groups in total. The van der Waals surface area contributed by atoms with Crippen molar-refractivity contribution in [3.05, 3.63) is 152 Å². The Bertz CT molecular complexity index is 2590. The molecule has 0 unspecified atom stereocenters. The molecule has 0 bridgehead atoms. The maximum Gasteiger partial charge on any atom is 0.0625 e. The minimum atomic E-state index is 1.18. The SMILES string of the molecule is c1ccc(-c2cccc(-n3c4ccc5sc(-c6ccccc6)c6c5c4c4c(cc5ccccc5c43)-c3ccccc3-6)c2)cc1. The van der Waals surface area contributed by atoms with E-state index >= 15 is 0 Å². The first kappa shape index (κ1) is 24.0. The normalized spacial score (nSPS) is 12.1. The monoisotopic (exact) mass is 575 g/mol. The lowest BCUT2D eigenvalue weighted by Gasteiger charge is -2.15. The quantitative estimate of drug-likeness (QED) is 0.197. The van der Waals surface area contributed by atoms with Gasteiger partial charge in [0, 0.05) is 42.4 Å². The van der Waals surface area contributed by atoms with Crippen LogP contribution < -0.4 is 0 Å². The molecule has 9 aromatic rings. The molecule has 1 aliphatic carbocycles. The Morgan fingerprint density at radius 2 is 1.16 bits per heavy atom. The molecular formula is C42H25NS. The molecule has 0 saturated heterocycles. The summed E-state index contributed by atoms with van der Waals surface area (Å²) in [6, 6.07) is 55.7. The minimum absolute atomic E-state index is 1.18. The number of aromatic nitrogens is 1. The average molecular weight is 576 g/mol. The van der Waals surface area contributed by atoms with Crippen molar-refractivity contribution in [2.75, 3.05) is 0 Å². The van der Waals surface area contributed by atoms with Gasteiger partial charge in [0.15, 0.2) is 0 Å². The first-order valence-corrected chi connectivity index (χ1v) is 15.9. The zero-order valence-corrected chi connectivity index (χ0v) is 24.6. The largest absolute Gasteiger partial charge is 0.309 e. The molecule has 0 saturated carbocycles. The molecule has 2 heterocycles. The van der Waals surface area contributed by atoms with Gasteiger partial charge in [0.2, 0.25) is 0 Å². The Morgan fingerprint density at radius 3 is 2.00 bits per heavy atom. The molecule has 10 rings (SSSR count). The van der Waals surface area contributed by atoms with Crippen molar-refractivity contribution in [3.8, 4) is 49.5 Å². The number of rotatable bonds is 3. The molecule has 7 aromatic carbocycles. The summed E-state index contributed by atoms with van der Waals surface area (Å²) in [5, 5.41) is 6.61. The van der Waals surface area contributed by atoms with Gasteiger partial charge in [0.05, 0.1) is 11.0 Å². The van der Waals surface area contributed by atoms with Gasteiger partial charge in [-0.05, 0) is 69.1 Å². The van der Waals surface area contributed by atoms with E-state index in [2.05, 4.69) is 156 Å². The van der Waals surface area contributed by atoms with E-state index < -0.39 is 0 Å². The van der Waals surface area contributed by atoms with Crippen LogP contribution in [-0.4, -0.2) is 4.57 Å². The zero-order chi connectivity index (χ0) is 28.8. The Balaban J connectivity index is 1.44. The van der Waals surface area contributed by atoms with Crippen LogP contribution in [0.3, 0.4) is 0 Å². The highest BCUT2D eigenvalue weighted by Gasteiger charge is 2.29. The second kappa shape index (κ2) is 9.03. The third-order valence-electron chi connectivity index (χ3n) is 9.30. The lowest BCUT2D eigenvalue weighted by atomic mass is 9.92. The van der Waals surface area contributed by atoms with E-state index in [1.807, 2.05) is 11.3 Å². The summed E-state index contributed by atoms with van der Waals surface area (Å²) in [5.41, 5.74) is 12.7. The fourth-order valence-electron chi connectivity index (χ4n) is 7.48. The number of hydrogen-bond donors (Lipinski definition) is 0. The van der Waals surface area contributed by atoms with Crippen molar-refractivity contribution in [1.29, 1.82) is 0 Å². The van der Waals surface area contributed by atoms with Crippen LogP contribution in [0.2, 0.25) is 0 Å². The van der Waals surface area contributed by atoms with Gasteiger partial charge in [-0.3, -0.25) is 0 Å². The predicted octanol–water partition coefficient (Wildman–Crippen LogP) is 12.1. The molecule has 0 aliphatic heterocycles. The van der Waals surface area contributed by atoms with Crippen molar-refractivity contribution < 1.29 is 0 Å². The predicted molar refractivity (Wildman–Crippen MR) is 189 cm³/mol. The summed E-state index contributed by atoms with van der Waals surface area (Å²) >= 11 is 1.92. The van der Waals surface area contributed by atoms with Crippen LogP contribution in [0.5, 0.6) is 0 Å². The summed E-state index contributed by atoms with van der Waals surface area (Å²) in [5.74, 6) is 0.